The summed E-state index contributed by atoms with van der Waals surface area (Å²) in [5.41, 5.74) is 7.57. The third kappa shape index (κ3) is 7.28. The molecule has 17 heteroatoms. The lowest BCUT2D eigenvalue weighted by molar-refractivity contribution is -0.150. The molecule has 290 valence electrons. The first-order valence-corrected chi connectivity index (χ1v) is 19.3. The molecule has 3 aromatic carbocycles. The molecule has 4 aliphatic rings. The highest BCUT2D eigenvalue weighted by Crippen LogP contribution is 2.43. The molecule has 8 rings (SSSR count). The van der Waals surface area contributed by atoms with Crippen LogP contribution in [0.2, 0.25) is 0 Å². The average Bonchev–Trinajstić information content (AvgIpc) is 3.76. The predicted octanol–water partition coefficient (Wildman–Crippen LogP) is 4.15. The summed E-state index contributed by atoms with van der Waals surface area (Å²) in [5, 5.41) is 21.8. The van der Waals surface area contributed by atoms with E-state index in [9.17, 15) is 24.3 Å². The number of rotatable bonds is 11. The van der Waals surface area contributed by atoms with Gasteiger partial charge in [-0.3, -0.25) is 19.3 Å². The van der Waals surface area contributed by atoms with Crippen LogP contribution in [0.15, 0.2) is 124 Å². The van der Waals surface area contributed by atoms with Crippen molar-refractivity contribution in [2.24, 2.45) is 5.16 Å². The number of carbonyl (C=O) groups is 4. The van der Waals surface area contributed by atoms with Crippen LogP contribution >= 0.6 is 47.9 Å². The van der Waals surface area contributed by atoms with Crippen molar-refractivity contribution in [1.29, 1.82) is 0 Å². The molecule has 4 aromatic rings. The first kappa shape index (κ1) is 40.5. The van der Waals surface area contributed by atoms with Crippen LogP contribution in [0.25, 0.3) is 0 Å². The van der Waals surface area contributed by atoms with Gasteiger partial charge >= 0.3 is 5.97 Å². The number of β-lactam (4-membered cyclic amide) rings is 1. The molecule has 1 aromatic heterocycles. The van der Waals surface area contributed by atoms with E-state index in [1.807, 2.05) is 95.9 Å². The summed E-state index contributed by atoms with van der Waals surface area (Å²) in [6, 6.07) is 27.6. The Hall–Kier alpha value is -5.19. The van der Waals surface area contributed by atoms with Crippen LogP contribution in [0.1, 0.15) is 28.8 Å². The van der Waals surface area contributed by atoms with Gasteiger partial charge in [-0.2, -0.15) is 0 Å². The number of hydrogen-bond acceptors (Lipinski definition) is 11. The first-order chi connectivity index (χ1) is 26.3. The molecular weight excluding hydrogens is 798 g/mol. The summed E-state index contributed by atoms with van der Waals surface area (Å²) in [5.74, 6) is -2.52. The van der Waals surface area contributed by atoms with Gasteiger partial charge in [0.25, 0.3) is 11.8 Å². The van der Waals surface area contributed by atoms with E-state index in [1.54, 1.807) is 11.5 Å². The van der Waals surface area contributed by atoms with Gasteiger partial charge in [-0.05, 0) is 18.1 Å². The Morgan fingerprint density at radius 3 is 2.05 bits per heavy atom. The summed E-state index contributed by atoms with van der Waals surface area (Å²) >= 11 is 2.43. The molecule has 0 spiro atoms. The van der Waals surface area contributed by atoms with Gasteiger partial charge in [0.05, 0.1) is 6.04 Å². The van der Waals surface area contributed by atoms with E-state index < -0.39 is 34.8 Å². The fourth-order valence-electron chi connectivity index (χ4n) is 7.18. The zero-order chi connectivity index (χ0) is 37.4. The van der Waals surface area contributed by atoms with E-state index >= 15 is 0 Å². The number of carboxylic acids is 1. The molecule has 0 unspecified atom stereocenters. The lowest BCUT2D eigenvalue weighted by Crippen LogP contribution is -2.71. The summed E-state index contributed by atoms with van der Waals surface area (Å²) in [7, 11) is 0. The predicted molar refractivity (Wildman–Crippen MR) is 219 cm³/mol. The Bertz CT molecular complexity index is 2120. The maximum absolute atomic E-state index is 14.2. The fraction of sp³-hybridized carbons (Fsp3) is 0.231. The maximum atomic E-state index is 14.2. The van der Waals surface area contributed by atoms with Gasteiger partial charge in [0.15, 0.2) is 10.8 Å². The molecule has 5 heterocycles. The third-order valence-corrected chi connectivity index (χ3v) is 12.0. The van der Waals surface area contributed by atoms with Crippen LogP contribution < -0.4 is 16.4 Å². The minimum Gasteiger partial charge on any atom is -0.477 e. The topological polar surface area (TPSA) is 180 Å². The molecule has 2 atom stereocenters. The Morgan fingerprint density at radius 1 is 0.964 bits per heavy atom. The molecule has 4 aliphatic heterocycles. The van der Waals surface area contributed by atoms with Crippen LogP contribution in [0.5, 0.6) is 0 Å². The molecule has 13 nitrogen and oxygen atoms in total. The number of carbonyl (C=O) groups excluding carboxylic acids is 3. The lowest BCUT2D eigenvalue weighted by Gasteiger charge is -2.49. The highest BCUT2D eigenvalue weighted by Gasteiger charge is 2.54. The Labute approximate surface area is 342 Å². The van der Waals surface area contributed by atoms with Crippen LogP contribution in [-0.4, -0.2) is 92.1 Å². The van der Waals surface area contributed by atoms with Crippen LogP contribution in [0, 0.1) is 0 Å². The molecule has 3 amide bonds. The quantitative estimate of drug-likeness (QED) is 0.0564. The molecule has 0 bridgehead atoms. The van der Waals surface area contributed by atoms with E-state index in [-0.39, 0.29) is 64.8 Å². The van der Waals surface area contributed by atoms with Gasteiger partial charge in [0.1, 0.15) is 22.8 Å². The molecular formula is C39H37Cl2N7O6S2. The number of hydrogen-bond donors (Lipinski definition) is 4. The highest BCUT2D eigenvalue weighted by atomic mass is 35.5. The number of fused-ring (bicyclic) bond motifs is 1. The third-order valence-electron chi connectivity index (χ3n) is 9.99. The number of aliphatic carboxylic acids is 1. The standard InChI is InChI=1S/C39H35N7O6S2.2ClH/c40-38-42-29(22-54-38)30(44-52-39(25-10-4-1-5-11-25,26-12-6-2-7-13-26)27-14-8-3-9-15-27)33(47)43-31-35(49)46-32(37(50)51)24(21-53-36(31)46)18-23-16-17-45(34(23)48)28-19-41-20-28;;/h1-15,18,22,28,31,36,41H,16-17,19-21H2,(H2,40,42)(H,43,47)(H,50,51);2*1H/b23-18+,44-30-;;/t31-,36-;;/m1../s1. The van der Waals surface area contributed by atoms with Gasteiger partial charge in [-0.15, -0.1) is 47.9 Å². The van der Waals surface area contributed by atoms with Gasteiger partial charge in [0, 0.05) is 53.0 Å². The largest absolute Gasteiger partial charge is 0.477 e. The number of thiazole rings is 1. The number of anilines is 1. The minimum atomic E-state index is -1.31. The molecule has 3 saturated heterocycles. The van der Waals surface area contributed by atoms with Crippen LogP contribution in [0.3, 0.4) is 0 Å². The Morgan fingerprint density at radius 2 is 1.55 bits per heavy atom. The molecule has 0 saturated carbocycles. The Kier molecular flexibility index (Phi) is 12.2. The van der Waals surface area contributed by atoms with E-state index in [1.165, 1.54) is 16.7 Å². The first-order valence-electron chi connectivity index (χ1n) is 17.3. The van der Waals surface area contributed by atoms with Gasteiger partial charge < -0.3 is 31.2 Å². The molecule has 56 heavy (non-hydrogen) atoms. The van der Waals surface area contributed by atoms with Crippen molar-refractivity contribution < 1.29 is 29.1 Å². The number of nitrogens with zero attached hydrogens (tertiary/aromatic N) is 4. The van der Waals surface area contributed by atoms with E-state index in [4.69, 9.17) is 10.6 Å². The van der Waals surface area contributed by atoms with Crippen molar-refractivity contribution >= 4 is 82.4 Å². The maximum Gasteiger partial charge on any atom is 0.352 e. The van der Waals surface area contributed by atoms with Crippen molar-refractivity contribution in [3.05, 3.63) is 142 Å². The molecule has 0 aliphatic carbocycles. The number of aromatic nitrogens is 1. The fourth-order valence-corrected chi connectivity index (χ4v) is 9.03. The monoisotopic (exact) mass is 833 g/mol. The zero-order valence-electron chi connectivity index (χ0n) is 29.6. The van der Waals surface area contributed by atoms with Crippen LogP contribution in [0.4, 0.5) is 5.13 Å². The van der Waals surface area contributed by atoms with Gasteiger partial charge in [-0.1, -0.05) is 96.2 Å². The zero-order valence-corrected chi connectivity index (χ0v) is 32.8. The van der Waals surface area contributed by atoms with E-state index in [0.29, 0.717) is 24.1 Å². The number of halogens is 2. The van der Waals surface area contributed by atoms with Gasteiger partial charge in [-0.25, -0.2) is 9.78 Å². The number of thioether (sulfide) groups is 1. The lowest BCUT2D eigenvalue weighted by atomic mass is 9.80. The molecule has 5 N–H and O–H groups in total. The minimum absolute atomic E-state index is 0. The number of nitrogens with two attached hydrogens (primary N) is 1. The number of amides is 3. The van der Waals surface area contributed by atoms with Crippen molar-refractivity contribution in [1.82, 2.24) is 25.4 Å². The number of nitrogen functional groups attached to an aromatic ring is 1. The number of allylic oxidation sites excluding steroid dienone is 1. The van der Waals surface area contributed by atoms with Crippen molar-refractivity contribution in [3.63, 3.8) is 0 Å². The summed E-state index contributed by atoms with van der Waals surface area (Å²) in [4.78, 5) is 67.5. The second-order valence-corrected chi connectivity index (χ2v) is 15.1. The number of oxime groups is 1. The second-order valence-electron chi connectivity index (χ2n) is 13.2. The smallest absolute Gasteiger partial charge is 0.352 e. The molecule has 3 fully saturated rings. The molecule has 0 radical (unpaired) electrons. The summed E-state index contributed by atoms with van der Waals surface area (Å²) in [6.45, 7) is 2.04. The number of benzene rings is 3. The van der Waals surface area contributed by atoms with Crippen LogP contribution in [-0.2, 0) is 29.6 Å². The number of nitrogens with one attached hydrogen (secondary N) is 2. The van der Waals surface area contributed by atoms with E-state index in [0.717, 1.165) is 41.1 Å². The second kappa shape index (κ2) is 16.9. The number of likely N-dealkylation sites (tertiary alicyclic amines) is 1. The van der Waals surface area contributed by atoms with Crippen molar-refractivity contribution in [2.75, 3.05) is 31.1 Å². The summed E-state index contributed by atoms with van der Waals surface area (Å²) in [6.07, 6.45) is 2.12. The normalized spacial score (nSPS) is 20.4. The van der Waals surface area contributed by atoms with Crippen molar-refractivity contribution in [2.45, 2.75) is 29.5 Å². The van der Waals surface area contributed by atoms with Crippen molar-refractivity contribution in [3.8, 4) is 0 Å². The van der Waals surface area contributed by atoms with Gasteiger partial charge in [0.2, 0.25) is 11.5 Å². The average molecular weight is 835 g/mol. The SMILES string of the molecule is Cl.Cl.Nc1nc(/C(=N/OC(c2ccccc2)(c2ccccc2)c2ccccc2)C(=O)N[C@@H]2C(=O)N3C(C(=O)O)=C(/C=C4\CCN(C5CNC5)C4=O)CS[C@H]23)cs1. The van der Waals surface area contributed by atoms with E-state index in [2.05, 4.69) is 20.8 Å². The summed E-state index contributed by atoms with van der Waals surface area (Å²) < 4.78 is 0. The Balaban J connectivity index is 0.00000266. The number of carboxylic acid groups (broad SMARTS) is 1. The highest BCUT2D eigenvalue weighted by molar-refractivity contribution is 8.00.